The molecule has 104 valence electrons. The Kier molecular flexibility index (Phi) is 4.91. The lowest BCUT2D eigenvalue weighted by atomic mass is 10.0. The Labute approximate surface area is 113 Å². The zero-order valence-electron chi connectivity index (χ0n) is 11.1. The number of halogens is 1. The molecule has 4 heteroatoms. The number of benzene rings is 1. The minimum Gasteiger partial charge on any atom is -0.368 e. The quantitative estimate of drug-likeness (QED) is 0.821. The number of hydrogen-bond acceptors (Lipinski definition) is 2. The molecule has 0 spiro atoms. The van der Waals surface area contributed by atoms with Gasteiger partial charge in [0.15, 0.2) is 0 Å². The third-order valence-corrected chi connectivity index (χ3v) is 3.75. The van der Waals surface area contributed by atoms with E-state index in [0.29, 0.717) is 6.04 Å². The van der Waals surface area contributed by atoms with Crippen LogP contribution in [0.3, 0.4) is 0 Å². The second-order valence-electron chi connectivity index (χ2n) is 5.24. The molecule has 3 nitrogen and oxygen atoms in total. The van der Waals surface area contributed by atoms with Gasteiger partial charge in [0.25, 0.3) is 0 Å². The van der Waals surface area contributed by atoms with Gasteiger partial charge in [-0.15, -0.1) is 0 Å². The van der Waals surface area contributed by atoms with Crippen molar-refractivity contribution in [3.8, 4) is 0 Å². The number of nitrogens with one attached hydrogen (secondary N) is 1. The predicted octanol–water partition coefficient (Wildman–Crippen LogP) is 2.66. The molecule has 0 saturated heterocycles. The van der Waals surface area contributed by atoms with E-state index in [1.165, 1.54) is 37.8 Å². The lowest BCUT2D eigenvalue weighted by Gasteiger charge is -2.23. The standard InChI is InChI=1S/C15H21FN2O/c16-12-9-7-11(8-10-12)14(15(17)19)18-13-5-3-1-2-4-6-13/h7-10,13-14,18H,1-6H2,(H2,17,19). The van der Waals surface area contributed by atoms with Crippen LogP contribution in [-0.4, -0.2) is 11.9 Å². The number of amides is 1. The second kappa shape index (κ2) is 6.66. The number of hydrogen-bond donors (Lipinski definition) is 2. The fourth-order valence-electron chi connectivity index (χ4n) is 2.68. The second-order valence-corrected chi connectivity index (χ2v) is 5.24. The van der Waals surface area contributed by atoms with Crippen molar-refractivity contribution in [3.63, 3.8) is 0 Å². The molecule has 1 atom stereocenters. The van der Waals surface area contributed by atoms with Crippen molar-refractivity contribution in [2.45, 2.75) is 50.6 Å². The van der Waals surface area contributed by atoms with Crippen molar-refractivity contribution in [2.24, 2.45) is 5.73 Å². The van der Waals surface area contributed by atoms with Gasteiger partial charge in [-0.2, -0.15) is 0 Å². The average molecular weight is 264 g/mol. The first kappa shape index (κ1) is 14.0. The zero-order valence-corrected chi connectivity index (χ0v) is 11.1. The molecule has 1 aromatic rings. The van der Waals surface area contributed by atoms with Gasteiger partial charge in [0, 0.05) is 6.04 Å². The van der Waals surface area contributed by atoms with Crippen LogP contribution in [0.25, 0.3) is 0 Å². The van der Waals surface area contributed by atoms with Crippen LogP contribution in [0.2, 0.25) is 0 Å². The SMILES string of the molecule is NC(=O)C(NC1CCCCCC1)c1ccc(F)cc1. The van der Waals surface area contributed by atoms with Crippen molar-refractivity contribution < 1.29 is 9.18 Å². The van der Waals surface area contributed by atoms with E-state index in [4.69, 9.17) is 5.73 Å². The smallest absolute Gasteiger partial charge is 0.239 e. The third-order valence-electron chi connectivity index (χ3n) is 3.75. The predicted molar refractivity (Wildman–Crippen MR) is 73.0 cm³/mol. The number of primary amides is 1. The van der Waals surface area contributed by atoms with Crippen LogP contribution in [-0.2, 0) is 4.79 Å². The maximum atomic E-state index is 12.9. The van der Waals surface area contributed by atoms with Gasteiger partial charge in [0.1, 0.15) is 11.9 Å². The molecule has 3 N–H and O–H groups in total. The molecule has 0 bridgehead atoms. The molecule has 0 aliphatic heterocycles. The van der Waals surface area contributed by atoms with Gasteiger partial charge in [0.2, 0.25) is 5.91 Å². The molecule has 1 aliphatic carbocycles. The van der Waals surface area contributed by atoms with E-state index in [0.717, 1.165) is 18.4 Å². The van der Waals surface area contributed by atoms with Gasteiger partial charge in [-0.25, -0.2) is 4.39 Å². The van der Waals surface area contributed by atoms with E-state index in [1.807, 2.05) is 0 Å². The first-order chi connectivity index (χ1) is 9.16. The summed E-state index contributed by atoms with van der Waals surface area (Å²) in [5.41, 5.74) is 6.20. The molecule has 0 heterocycles. The van der Waals surface area contributed by atoms with Crippen molar-refractivity contribution in [1.29, 1.82) is 0 Å². The number of carbonyl (C=O) groups excluding carboxylic acids is 1. The highest BCUT2D eigenvalue weighted by Crippen LogP contribution is 2.21. The first-order valence-corrected chi connectivity index (χ1v) is 6.97. The van der Waals surface area contributed by atoms with Gasteiger partial charge in [0.05, 0.1) is 0 Å². The average Bonchev–Trinajstić information content (AvgIpc) is 2.65. The summed E-state index contributed by atoms with van der Waals surface area (Å²) >= 11 is 0. The summed E-state index contributed by atoms with van der Waals surface area (Å²) in [6.45, 7) is 0. The molecule has 1 fully saturated rings. The fraction of sp³-hybridized carbons (Fsp3) is 0.533. The van der Waals surface area contributed by atoms with E-state index in [1.54, 1.807) is 12.1 Å². The number of rotatable bonds is 4. The first-order valence-electron chi connectivity index (χ1n) is 6.97. The Hall–Kier alpha value is -1.42. The monoisotopic (exact) mass is 264 g/mol. The highest BCUT2D eigenvalue weighted by Gasteiger charge is 2.22. The highest BCUT2D eigenvalue weighted by molar-refractivity contribution is 5.81. The van der Waals surface area contributed by atoms with Crippen LogP contribution in [0, 0.1) is 5.82 Å². The maximum absolute atomic E-state index is 12.9. The summed E-state index contributed by atoms with van der Waals surface area (Å²) in [6.07, 6.45) is 7.04. The number of carbonyl (C=O) groups is 1. The Bertz CT molecular complexity index is 411. The third kappa shape index (κ3) is 4.03. The zero-order chi connectivity index (χ0) is 13.7. The van der Waals surface area contributed by atoms with Gasteiger partial charge in [-0.1, -0.05) is 37.8 Å². The molecular weight excluding hydrogens is 243 g/mol. The molecular formula is C15H21FN2O. The molecule has 1 aromatic carbocycles. The Morgan fingerprint density at radius 1 is 1.16 bits per heavy atom. The van der Waals surface area contributed by atoms with Crippen molar-refractivity contribution >= 4 is 5.91 Å². The lowest BCUT2D eigenvalue weighted by molar-refractivity contribution is -0.120. The van der Waals surface area contributed by atoms with Gasteiger partial charge < -0.3 is 5.73 Å². The fourth-order valence-corrected chi connectivity index (χ4v) is 2.68. The van der Waals surface area contributed by atoms with E-state index in [2.05, 4.69) is 5.32 Å². The largest absolute Gasteiger partial charge is 0.368 e. The molecule has 19 heavy (non-hydrogen) atoms. The summed E-state index contributed by atoms with van der Waals surface area (Å²) in [6, 6.07) is 5.76. The van der Waals surface area contributed by atoms with Crippen LogP contribution >= 0.6 is 0 Å². The molecule has 1 saturated carbocycles. The molecule has 0 aromatic heterocycles. The topological polar surface area (TPSA) is 55.1 Å². The minimum absolute atomic E-state index is 0.304. The van der Waals surface area contributed by atoms with Crippen molar-refractivity contribution in [3.05, 3.63) is 35.6 Å². The van der Waals surface area contributed by atoms with Crippen molar-refractivity contribution in [1.82, 2.24) is 5.32 Å². The van der Waals surface area contributed by atoms with Crippen LogP contribution in [0.4, 0.5) is 4.39 Å². The summed E-state index contributed by atoms with van der Waals surface area (Å²) < 4.78 is 12.9. The molecule has 0 radical (unpaired) electrons. The van der Waals surface area contributed by atoms with Crippen molar-refractivity contribution in [2.75, 3.05) is 0 Å². The molecule has 1 unspecified atom stereocenters. The van der Waals surface area contributed by atoms with E-state index in [9.17, 15) is 9.18 Å². The summed E-state index contributed by atoms with van der Waals surface area (Å²) in [5.74, 6) is -0.711. The minimum atomic E-state index is -0.524. The highest BCUT2D eigenvalue weighted by atomic mass is 19.1. The summed E-state index contributed by atoms with van der Waals surface area (Å²) in [7, 11) is 0. The summed E-state index contributed by atoms with van der Waals surface area (Å²) in [4.78, 5) is 11.6. The van der Waals surface area contributed by atoms with E-state index < -0.39 is 11.9 Å². The van der Waals surface area contributed by atoms with Gasteiger partial charge in [-0.3, -0.25) is 10.1 Å². The number of nitrogens with two attached hydrogens (primary N) is 1. The normalized spacial score (nSPS) is 18.8. The molecule has 1 amide bonds. The molecule has 1 aliphatic rings. The lowest BCUT2D eigenvalue weighted by Crippen LogP contribution is -2.39. The maximum Gasteiger partial charge on any atom is 0.239 e. The van der Waals surface area contributed by atoms with Crippen LogP contribution < -0.4 is 11.1 Å². The Balaban J connectivity index is 2.07. The van der Waals surface area contributed by atoms with E-state index >= 15 is 0 Å². The molecule has 2 rings (SSSR count). The Morgan fingerprint density at radius 3 is 2.26 bits per heavy atom. The van der Waals surface area contributed by atoms with Gasteiger partial charge in [-0.05, 0) is 30.5 Å². The summed E-state index contributed by atoms with van der Waals surface area (Å²) in [5, 5.41) is 3.33. The Morgan fingerprint density at radius 2 is 1.74 bits per heavy atom. The van der Waals surface area contributed by atoms with E-state index in [-0.39, 0.29) is 5.82 Å². The van der Waals surface area contributed by atoms with Crippen LogP contribution in [0.5, 0.6) is 0 Å². The van der Waals surface area contributed by atoms with Crippen LogP contribution in [0.1, 0.15) is 50.1 Å². The van der Waals surface area contributed by atoms with Gasteiger partial charge >= 0.3 is 0 Å². The van der Waals surface area contributed by atoms with Crippen LogP contribution in [0.15, 0.2) is 24.3 Å².